The highest BCUT2D eigenvalue weighted by Gasteiger charge is 2.28. The molecule has 1 aromatic carbocycles. The Morgan fingerprint density at radius 2 is 1.62 bits per heavy atom. The normalized spacial score (nSPS) is 12.9. The van der Waals surface area contributed by atoms with Crippen LogP contribution in [-0.4, -0.2) is 5.11 Å². The summed E-state index contributed by atoms with van der Waals surface area (Å²) in [7, 11) is 0. The molecule has 0 amide bonds. The van der Waals surface area contributed by atoms with Crippen LogP contribution in [-0.2, 0) is 5.41 Å². The molecule has 90 valence electrons. The van der Waals surface area contributed by atoms with Crippen molar-refractivity contribution in [1.29, 1.82) is 0 Å². The van der Waals surface area contributed by atoms with Gasteiger partial charge >= 0.3 is 0 Å². The second-order valence-electron chi connectivity index (χ2n) is 6.57. The van der Waals surface area contributed by atoms with Crippen molar-refractivity contribution in [2.75, 3.05) is 0 Å². The van der Waals surface area contributed by atoms with Crippen LogP contribution >= 0.6 is 0 Å². The first-order valence-electron chi connectivity index (χ1n) is 5.92. The third-order valence-electron chi connectivity index (χ3n) is 3.01. The Morgan fingerprint density at radius 3 is 2.12 bits per heavy atom. The third kappa shape index (κ3) is 3.01. The minimum Gasteiger partial charge on any atom is -0.508 e. The van der Waals surface area contributed by atoms with Crippen molar-refractivity contribution in [2.24, 2.45) is 5.41 Å². The first-order valence-corrected chi connectivity index (χ1v) is 5.92. The molecule has 0 bridgehead atoms. The zero-order chi connectivity index (χ0) is 12.6. The molecule has 16 heavy (non-hydrogen) atoms. The van der Waals surface area contributed by atoms with Crippen LogP contribution in [0, 0.1) is 12.3 Å². The molecule has 0 aliphatic heterocycles. The van der Waals surface area contributed by atoms with E-state index in [4.69, 9.17) is 0 Å². The summed E-state index contributed by atoms with van der Waals surface area (Å²) in [5, 5.41) is 9.76. The van der Waals surface area contributed by atoms with E-state index in [1.165, 1.54) is 5.56 Å². The van der Waals surface area contributed by atoms with E-state index in [-0.39, 0.29) is 5.41 Å². The van der Waals surface area contributed by atoms with Gasteiger partial charge in [0.25, 0.3) is 0 Å². The third-order valence-corrected chi connectivity index (χ3v) is 3.01. The molecule has 1 aromatic rings. The lowest BCUT2D eigenvalue weighted by molar-refractivity contribution is 0.282. The van der Waals surface area contributed by atoms with Crippen molar-refractivity contribution in [3.63, 3.8) is 0 Å². The Bertz CT molecular complexity index is 370. The molecule has 1 heteroatoms. The highest BCUT2D eigenvalue weighted by molar-refractivity contribution is 5.41. The fourth-order valence-corrected chi connectivity index (χ4v) is 2.78. The van der Waals surface area contributed by atoms with Gasteiger partial charge in [0, 0.05) is 0 Å². The van der Waals surface area contributed by atoms with Crippen LogP contribution in [0.25, 0.3) is 0 Å². The molecule has 0 aromatic heterocycles. The van der Waals surface area contributed by atoms with Gasteiger partial charge in [-0.15, -0.1) is 0 Å². The Balaban J connectivity index is 3.12. The van der Waals surface area contributed by atoms with Gasteiger partial charge in [0.15, 0.2) is 0 Å². The van der Waals surface area contributed by atoms with Gasteiger partial charge in [-0.05, 0) is 41.4 Å². The van der Waals surface area contributed by atoms with Crippen LogP contribution < -0.4 is 0 Å². The first-order chi connectivity index (χ1) is 7.13. The molecule has 0 aliphatic rings. The number of hydrogen-bond donors (Lipinski definition) is 1. The lowest BCUT2D eigenvalue weighted by Gasteiger charge is -2.34. The SMILES string of the molecule is Cc1c(O)cccc1C(C)(C)CC(C)(C)C. The lowest BCUT2D eigenvalue weighted by Crippen LogP contribution is -2.25. The molecule has 0 saturated carbocycles. The van der Waals surface area contributed by atoms with E-state index < -0.39 is 0 Å². The highest BCUT2D eigenvalue weighted by atomic mass is 16.3. The molecule has 0 atom stereocenters. The Kier molecular flexibility index (Phi) is 3.37. The molecule has 0 heterocycles. The van der Waals surface area contributed by atoms with Gasteiger partial charge in [0.2, 0.25) is 0 Å². The van der Waals surface area contributed by atoms with E-state index in [0.717, 1.165) is 12.0 Å². The highest BCUT2D eigenvalue weighted by Crippen LogP contribution is 2.39. The molecular formula is C15H24O. The van der Waals surface area contributed by atoms with Gasteiger partial charge < -0.3 is 5.11 Å². The summed E-state index contributed by atoms with van der Waals surface area (Å²) in [6.07, 6.45) is 1.10. The second kappa shape index (κ2) is 4.12. The standard InChI is InChI=1S/C15H24O/c1-11-12(8-7-9-13(11)16)15(5,6)10-14(2,3)4/h7-9,16H,10H2,1-6H3. The lowest BCUT2D eigenvalue weighted by atomic mass is 9.71. The minimum atomic E-state index is 0.0983. The number of hydrogen-bond acceptors (Lipinski definition) is 1. The monoisotopic (exact) mass is 220 g/mol. The van der Waals surface area contributed by atoms with E-state index >= 15 is 0 Å². The fourth-order valence-electron chi connectivity index (χ4n) is 2.78. The van der Waals surface area contributed by atoms with Gasteiger partial charge in [-0.3, -0.25) is 0 Å². The summed E-state index contributed by atoms with van der Waals surface area (Å²) in [4.78, 5) is 0. The van der Waals surface area contributed by atoms with Crippen LogP contribution in [0.3, 0.4) is 0 Å². The van der Waals surface area contributed by atoms with Crippen molar-refractivity contribution in [1.82, 2.24) is 0 Å². The summed E-state index contributed by atoms with van der Waals surface area (Å²) >= 11 is 0. The quantitative estimate of drug-likeness (QED) is 0.782. The van der Waals surface area contributed by atoms with Gasteiger partial charge in [-0.1, -0.05) is 46.8 Å². The average molecular weight is 220 g/mol. The summed E-state index contributed by atoms with van der Waals surface area (Å²) in [6.45, 7) is 13.3. The number of phenols is 1. The van der Waals surface area contributed by atoms with E-state index in [0.29, 0.717) is 11.2 Å². The van der Waals surface area contributed by atoms with Gasteiger partial charge in [-0.2, -0.15) is 0 Å². The van der Waals surface area contributed by atoms with E-state index in [2.05, 4.69) is 40.7 Å². The molecule has 0 fully saturated rings. The Morgan fingerprint density at radius 1 is 1.06 bits per heavy atom. The van der Waals surface area contributed by atoms with Crippen molar-refractivity contribution in [3.8, 4) is 5.75 Å². The van der Waals surface area contributed by atoms with Crippen molar-refractivity contribution < 1.29 is 5.11 Å². The zero-order valence-electron chi connectivity index (χ0n) is 11.4. The Hall–Kier alpha value is -0.980. The van der Waals surface area contributed by atoms with Crippen molar-refractivity contribution in [3.05, 3.63) is 29.3 Å². The molecule has 0 spiro atoms. The maximum Gasteiger partial charge on any atom is 0.118 e. The summed E-state index contributed by atoms with van der Waals surface area (Å²) in [5.74, 6) is 0.402. The minimum absolute atomic E-state index is 0.0983. The topological polar surface area (TPSA) is 20.2 Å². The van der Waals surface area contributed by atoms with Crippen molar-refractivity contribution in [2.45, 2.75) is 53.4 Å². The van der Waals surface area contributed by atoms with E-state index in [1.807, 2.05) is 13.0 Å². The first kappa shape index (κ1) is 13.1. The largest absolute Gasteiger partial charge is 0.508 e. The van der Waals surface area contributed by atoms with Gasteiger partial charge in [-0.25, -0.2) is 0 Å². The molecule has 1 N–H and O–H groups in total. The zero-order valence-corrected chi connectivity index (χ0v) is 11.4. The predicted molar refractivity (Wildman–Crippen MR) is 69.9 cm³/mol. The fraction of sp³-hybridized carbons (Fsp3) is 0.600. The molecule has 0 unspecified atom stereocenters. The van der Waals surface area contributed by atoms with Crippen LogP contribution in [0.15, 0.2) is 18.2 Å². The van der Waals surface area contributed by atoms with Crippen molar-refractivity contribution >= 4 is 0 Å². The number of rotatable bonds is 2. The number of aromatic hydroxyl groups is 1. The van der Waals surface area contributed by atoms with Crippen LogP contribution in [0.1, 0.15) is 52.2 Å². The molecule has 1 rings (SSSR count). The smallest absolute Gasteiger partial charge is 0.118 e. The summed E-state index contributed by atoms with van der Waals surface area (Å²) in [6, 6.07) is 5.81. The molecule has 0 saturated heterocycles. The summed E-state index contributed by atoms with van der Waals surface area (Å²) < 4.78 is 0. The average Bonchev–Trinajstić information content (AvgIpc) is 2.05. The van der Waals surface area contributed by atoms with Crippen LogP contribution in [0.5, 0.6) is 5.75 Å². The van der Waals surface area contributed by atoms with E-state index in [1.54, 1.807) is 6.07 Å². The summed E-state index contributed by atoms with van der Waals surface area (Å²) in [5.41, 5.74) is 2.65. The second-order valence-corrected chi connectivity index (χ2v) is 6.57. The number of phenolic OH excluding ortho intramolecular Hbond substituents is 1. The van der Waals surface area contributed by atoms with E-state index in [9.17, 15) is 5.11 Å². The van der Waals surface area contributed by atoms with Crippen LogP contribution in [0.2, 0.25) is 0 Å². The molecule has 0 radical (unpaired) electrons. The molecule has 0 aliphatic carbocycles. The van der Waals surface area contributed by atoms with Gasteiger partial charge in [0.1, 0.15) is 5.75 Å². The molecule has 1 nitrogen and oxygen atoms in total. The number of benzene rings is 1. The maximum atomic E-state index is 9.76. The maximum absolute atomic E-state index is 9.76. The molecular weight excluding hydrogens is 196 g/mol. The van der Waals surface area contributed by atoms with Crippen LogP contribution in [0.4, 0.5) is 0 Å². The van der Waals surface area contributed by atoms with Gasteiger partial charge in [0.05, 0.1) is 0 Å². The predicted octanol–water partition coefficient (Wildman–Crippen LogP) is 4.41. The Labute approximate surface area is 99.5 Å².